The first-order chi connectivity index (χ1) is 15.9. The van der Waals surface area contributed by atoms with Crippen molar-refractivity contribution in [3.8, 4) is 0 Å². The van der Waals surface area contributed by atoms with Crippen LogP contribution in [-0.4, -0.2) is 56.2 Å². The SMILES string of the molecule is CCOC(=O)C1=C(CN2CCN(c3ccc(Cl)cc3)CC2)NC(=O)NC1c1cccc(Cl)c1. The molecule has 2 amide bonds. The van der Waals surface area contributed by atoms with Crippen molar-refractivity contribution >= 4 is 40.9 Å². The number of carbonyl (C=O) groups excluding carboxylic acids is 2. The summed E-state index contributed by atoms with van der Waals surface area (Å²) in [5, 5.41) is 6.93. The van der Waals surface area contributed by atoms with Gasteiger partial charge in [-0.25, -0.2) is 9.59 Å². The zero-order valence-electron chi connectivity index (χ0n) is 18.3. The monoisotopic (exact) mass is 488 g/mol. The maximum absolute atomic E-state index is 12.9. The molecule has 1 fully saturated rings. The van der Waals surface area contributed by atoms with Gasteiger partial charge in [0.1, 0.15) is 0 Å². The van der Waals surface area contributed by atoms with Gasteiger partial charge in [-0.2, -0.15) is 0 Å². The third-order valence-electron chi connectivity index (χ3n) is 5.78. The van der Waals surface area contributed by atoms with E-state index in [-0.39, 0.29) is 12.6 Å². The van der Waals surface area contributed by atoms with Crippen LogP contribution in [0.2, 0.25) is 10.0 Å². The molecule has 174 valence electrons. The molecule has 0 bridgehead atoms. The number of nitrogens with zero attached hydrogens (tertiary/aromatic N) is 2. The lowest BCUT2D eigenvalue weighted by molar-refractivity contribution is -0.139. The van der Waals surface area contributed by atoms with E-state index < -0.39 is 12.0 Å². The van der Waals surface area contributed by atoms with Gasteiger partial charge in [0, 0.05) is 54.2 Å². The molecule has 2 heterocycles. The predicted molar refractivity (Wildman–Crippen MR) is 130 cm³/mol. The fourth-order valence-corrected chi connectivity index (χ4v) is 4.49. The number of halogens is 2. The Balaban J connectivity index is 1.55. The minimum atomic E-state index is -0.637. The van der Waals surface area contributed by atoms with Gasteiger partial charge in [-0.15, -0.1) is 0 Å². The first-order valence-electron chi connectivity index (χ1n) is 10.9. The van der Waals surface area contributed by atoms with Gasteiger partial charge in [0.15, 0.2) is 0 Å². The highest BCUT2D eigenvalue weighted by molar-refractivity contribution is 6.30. The summed E-state index contributed by atoms with van der Waals surface area (Å²) in [4.78, 5) is 30.0. The predicted octanol–water partition coefficient (Wildman–Crippen LogP) is 3.99. The van der Waals surface area contributed by atoms with E-state index in [1.54, 1.807) is 25.1 Å². The van der Waals surface area contributed by atoms with E-state index in [1.807, 2.05) is 30.3 Å². The minimum Gasteiger partial charge on any atom is -0.463 e. The van der Waals surface area contributed by atoms with Crippen LogP contribution >= 0.6 is 23.2 Å². The number of esters is 1. The zero-order valence-corrected chi connectivity index (χ0v) is 19.8. The second-order valence-electron chi connectivity index (χ2n) is 7.94. The Morgan fingerprint density at radius 2 is 1.79 bits per heavy atom. The van der Waals surface area contributed by atoms with Crippen molar-refractivity contribution in [1.29, 1.82) is 0 Å². The highest BCUT2D eigenvalue weighted by Gasteiger charge is 2.34. The Hall–Kier alpha value is -2.74. The largest absolute Gasteiger partial charge is 0.463 e. The van der Waals surface area contributed by atoms with Crippen molar-refractivity contribution in [2.75, 3.05) is 44.2 Å². The molecule has 1 unspecified atom stereocenters. The molecule has 0 aliphatic carbocycles. The number of anilines is 1. The van der Waals surface area contributed by atoms with Crippen LogP contribution < -0.4 is 15.5 Å². The number of amides is 2. The number of hydrogen-bond acceptors (Lipinski definition) is 5. The van der Waals surface area contributed by atoms with Crippen LogP contribution in [-0.2, 0) is 9.53 Å². The average molecular weight is 489 g/mol. The van der Waals surface area contributed by atoms with Gasteiger partial charge in [-0.05, 0) is 48.9 Å². The normalized spacial score (nSPS) is 19.2. The van der Waals surface area contributed by atoms with Gasteiger partial charge >= 0.3 is 12.0 Å². The molecule has 7 nitrogen and oxygen atoms in total. The molecule has 2 N–H and O–H groups in total. The van der Waals surface area contributed by atoms with Crippen LogP contribution in [0.25, 0.3) is 0 Å². The minimum absolute atomic E-state index is 0.242. The van der Waals surface area contributed by atoms with Gasteiger partial charge in [-0.1, -0.05) is 35.3 Å². The summed E-state index contributed by atoms with van der Waals surface area (Å²) in [6.07, 6.45) is 0. The summed E-state index contributed by atoms with van der Waals surface area (Å²) < 4.78 is 5.34. The van der Waals surface area contributed by atoms with Crippen LogP contribution in [0.15, 0.2) is 59.8 Å². The number of carbonyl (C=O) groups is 2. The van der Waals surface area contributed by atoms with Crippen molar-refractivity contribution in [1.82, 2.24) is 15.5 Å². The van der Waals surface area contributed by atoms with E-state index in [2.05, 4.69) is 20.4 Å². The molecule has 2 aromatic carbocycles. The molecule has 2 aliphatic rings. The van der Waals surface area contributed by atoms with Crippen LogP contribution in [0, 0.1) is 0 Å². The molecule has 1 atom stereocenters. The third-order valence-corrected chi connectivity index (χ3v) is 6.26. The Labute approximate surface area is 203 Å². The summed E-state index contributed by atoms with van der Waals surface area (Å²) in [5.41, 5.74) is 2.81. The van der Waals surface area contributed by atoms with Crippen LogP contribution in [0.3, 0.4) is 0 Å². The molecule has 0 spiro atoms. The molecule has 9 heteroatoms. The van der Waals surface area contributed by atoms with Crippen LogP contribution in [0.4, 0.5) is 10.5 Å². The first-order valence-corrected chi connectivity index (χ1v) is 11.7. The van der Waals surface area contributed by atoms with E-state index >= 15 is 0 Å². The number of rotatable bonds is 6. The lowest BCUT2D eigenvalue weighted by atomic mass is 9.95. The zero-order chi connectivity index (χ0) is 23.4. The van der Waals surface area contributed by atoms with E-state index in [9.17, 15) is 9.59 Å². The van der Waals surface area contributed by atoms with E-state index in [0.717, 1.165) is 37.4 Å². The third kappa shape index (κ3) is 5.61. The van der Waals surface area contributed by atoms with E-state index in [0.29, 0.717) is 27.9 Å². The Bertz CT molecular complexity index is 1050. The van der Waals surface area contributed by atoms with Crippen molar-refractivity contribution in [3.63, 3.8) is 0 Å². The highest BCUT2D eigenvalue weighted by Crippen LogP contribution is 2.30. The standard InChI is InChI=1S/C24H26Cl2N4O3/c1-2-33-23(31)21-20(27-24(32)28-22(21)16-4-3-5-18(26)14-16)15-29-10-12-30(13-11-29)19-8-6-17(25)7-9-19/h3-9,14,22H,2,10-13,15H2,1H3,(H2,27,28,32). The summed E-state index contributed by atoms with van der Waals surface area (Å²) in [5.74, 6) is -0.454. The fraction of sp³-hybridized carbons (Fsp3) is 0.333. The fourth-order valence-electron chi connectivity index (χ4n) is 4.17. The van der Waals surface area contributed by atoms with Crippen LogP contribution in [0.5, 0.6) is 0 Å². The summed E-state index contributed by atoms with van der Waals surface area (Å²) in [7, 11) is 0. The lowest BCUT2D eigenvalue weighted by Gasteiger charge is -2.38. The highest BCUT2D eigenvalue weighted by atomic mass is 35.5. The molecule has 4 rings (SSSR count). The van der Waals surface area contributed by atoms with Crippen molar-refractivity contribution in [3.05, 3.63) is 75.4 Å². The lowest BCUT2D eigenvalue weighted by Crippen LogP contribution is -2.51. The van der Waals surface area contributed by atoms with Gasteiger partial charge in [0.05, 0.1) is 18.2 Å². The molecule has 33 heavy (non-hydrogen) atoms. The van der Waals surface area contributed by atoms with Gasteiger partial charge in [0.25, 0.3) is 0 Å². The molecule has 0 saturated carbocycles. The maximum atomic E-state index is 12.9. The number of ether oxygens (including phenoxy) is 1. The first kappa shape index (κ1) is 23.4. The van der Waals surface area contributed by atoms with Gasteiger partial charge in [-0.3, -0.25) is 4.90 Å². The second kappa shape index (κ2) is 10.5. The van der Waals surface area contributed by atoms with Crippen molar-refractivity contribution < 1.29 is 14.3 Å². The molecule has 1 saturated heterocycles. The number of piperazine rings is 1. The number of benzene rings is 2. The molecule has 2 aromatic rings. The topological polar surface area (TPSA) is 73.9 Å². The molecular formula is C24H26Cl2N4O3. The summed E-state index contributed by atoms with van der Waals surface area (Å²) in [6, 6.07) is 13.9. The van der Waals surface area contributed by atoms with Crippen LogP contribution in [0.1, 0.15) is 18.5 Å². The Morgan fingerprint density at radius 3 is 2.45 bits per heavy atom. The molecular weight excluding hydrogens is 463 g/mol. The Morgan fingerprint density at radius 1 is 1.06 bits per heavy atom. The summed E-state index contributed by atoms with van der Waals surface area (Å²) in [6.45, 7) is 5.66. The number of hydrogen-bond donors (Lipinski definition) is 2. The number of nitrogens with one attached hydrogen (secondary N) is 2. The molecule has 0 aromatic heterocycles. The molecule has 2 aliphatic heterocycles. The second-order valence-corrected chi connectivity index (χ2v) is 8.81. The average Bonchev–Trinajstić information content (AvgIpc) is 2.80. The van der Waals surface area contributed by atoms with Crippen molar-refractivity contribution in [2.45, 2.75) is 13.0 Å². The maximum Gasteiger partial charge on any atom is 0.338 e. The molecule has 0 radical (unpaired) electrons. The van der Waals surface area contributed by atoms with Crippen molar-refractivity contribution in [2.24, 2.45) is 0 Å². The smallest absolute Gasteiger partial charge is 0.338 e. The van der Waals surface area contributed by atoms with Gasteiger partial charge in [0.2, 0.25) is 0 Å². The van der Waals surface area contributed by atoms with E-state index in [4.69, 9.17) is 27.9 Å². The number of urea groups is 1. The summed E-state index contributed by atoms with van der Waals surface area (Å²) >= 11 is 12.2. The Kier molecular flexibility index (Phi) is 7.42. The quantitative estimate of drug-likeness (QED) is 0.601. The van der Waals surface area contributed by atoms with Gasteiger partial charge < -0.3 is 20.3 Å². The van der Waals surface area contributed by atoms with E-state index in [1.165, 1.54) is 0 Å².